The molecule has 9 nitrogen and oxygen atoms in total. The van der Waals surface area contributed by atoms with Crippen molar-refractivity contribution in [3.05, 3.63) is 77.5 Å². The summed E-state index contributed by atoms with van der Waals surface area (Å²) in [6.45, 7) is 0. The van der Waals surface area contributed by atoms with E-state index < -0.39 is 23.8 Å². The number of carbonyl (C=O) groups is 1. The summed E-state index contributed by atoms with van der Waals surface area (Å²) in [4.78, 5) is 27.2. The standard InChI is InChI=1S/C25H20F3N7O2/c1-35(2)18-12-15(25(26,27)28)13-29-20(18)23-33-34-24(37-23)32-21-22(36)30-17-11-7-6-10-16(17)19(31-21)14-8-4-3-5-9-14/h3-10,12-13,21H,11H2,1-2H3,(H,32,34)/t21-/m1/s1. The molecule has 0 saturated heterocycles. The van der Waals surface area contributed by atoms with Gasteiger partial charge < -0.3 is 14.6 Å². The number of anilines is 2. The zero-order chi connectivity index (χ0) is 26.2. The molecule has 2 aliphatic rings. The van der Waals surface area contributed by atoms with E-state index in [1.165, 1.54) is 4.90 Å². The molecule has 3 heterocycles. The number of hydrogen-bond acceptors (Lipinski definition) is 8. The highest BCUT2D eigenvalue weighted by molar-refractivity contribution is 6.33. The minimum atomic E-state index is -4.56. The van der Waals surface area contributed by atoms with E-state index in [0.717, 1.165) is 17.2 Å². The fraction of sp³-hybridized carbons (Fsp3) is 0.200. The number of nitrogens with one attached hydrogen (secondary N) is 1. The van der Waals surface area contributed by atoms with E-state index in [1.807, 2.05) is 48.6 Å². The van der Waals surface area contributed by atoms with Crippen LogP contribution in [-0.4, -0.2) is 52.8 Å². The quantitative estimate of drug-likeness (QED) is 0.548. The van der Waals surface area contributed by atoms with E-state index >= 15 is 0 Å². The van der Waals surface area contributed by atoms with Crippen LogP contribution in [0, 0.1) is 0 Å². The highest BCUT2D eigenvalue weighted by atomic mass is 19.4. The molecule has 188 valence electrons. The van der Waals surface area contributed by atoms with Crippen LogP contribution in [0.3, 0.4) is 0 Å². The molecule has 3 aromatic rings. The lowest BCUT2D eigenvalue weighted by atomic mass is 9.94. The van der Waals surface area contributed by atoms with Gasteiger partial charge in [0.05, 0.1) is 22.7 Å². The molecule has 0 saturated carbocycles. The van der Waals surface area contributed by atoms with Gasteiger partial charge >= 0.3 is 12.2 Å². The van der Waals surface area contributed by atoms with Gasteiger partial charge in [-0.25, -0.2) is 15.0 Å². The van der Waals surface area contributed by atoms with E-state index in [9.17, 15) is 18.0 Å². The number of carbonyl (C=O) groups excluding carboxylic acids is 1. The second-order valence-corrected chi connectivity index (χ2v) is 8.40. The Kier molecular flexibility index (Phi) is 6.15. The minimum Gasteiger partial charge on any atom is -0.402 e. The Bertz CT molecular complexity index is 1470. The molecule has 0 fully saturated rings. The maximum absolute atomic E-state index is 13.2. The number of amides is 1. The zero-order valence-electron chi connectivity index (χ0n) is 19.7. The van der Waals surface area contributed by atoms with Gasteiger partial charge in [-0.15, -0.1) is 5.10 Å². The maximum atomic E-state index is 13.2. The molecule has 1 N–H and O–H groups in total. The number of pyridine rings is 1. The third kappa shape index (κ3) is 4.90. The Balaban J connectivity index is 1.49. The van der Waals surface area contributed by atoms with Crippen molar-refractivity contribution in [3.8, 4) is 11.6 Å². The summed E-state index contributed by atoms with van der Waals surface area (Å²) in [5, 5.41) is 10.6. The molecular weight excluding hydrogens is 487 g/mol. The number of alkyl halides is 3. The van der Waals surface area contributed by atoms with E-state index in [2.05, 4.69) is 30.5 Å². The number of benzene rings is 1. The molecule has 0 unspecified atom stereocenters. The van der Waals surface area contributed by atoms with Crippen LogP contribution in [-0.2, 0) is 11.0 Å². The molecule has 0 radical (unpaired) electrons. The molecule has 2 aromatic heterocycles. The van der Waals surface area contributed by atoms with Crippen molar-refractivity contribution >= 4 is 29.0 Å². The molecule has 37 heavy (non-hydrogen) atoms. The number of aromatic nitrogens is 3. The van der Waals surface area contributed by atoms with Gasteiger partial charge in [-0.05, 0) is 6.07 Å². The van der Waals surface area contributed by atoms with E-state index in [0.29, 0.717) is 24.0 Å². The fourth-order valence-corrected chi connectivity index (χ4v) is 3.85. The highest BCUT2D eigenvalue weighted by Crippen LogP contribution is 2.35. The second-order valence-electron chi connectivity index (χ2n) is 8.40. The average Bonchev–Trinajstić information content (AvgIpc) is 3.29. The SMILES string of the molecule is CN(C)c1cc(C(F)(F)F)cnc1-c1nnc(N[C@H]2N=C(c3ccccc3)C3=CC=CCC3=NC2=O)o1. The number of fused-ring (bicyclic) bond motifs is 1. The van der Waals surface area contributed by atoms with E-state index in [1.54, 1.807) is 14.1 Å². The van der Waals surface area contributed by atoms with Crippen molar-refractivity contribution in [1.29, 1.82) is 0 Å². The number of nitrogens with zero attached hydrogens (tertiary/aromatic N) is 6. The molecule has 0 spiro atoms. The minimum absolute atomic E-state index is 0.0571. The highest BCUT2D eigenvalue weighted by Gasteiger charge is 2.33. The first-order valence-electron chi connectivity index (χ1n) is 11.2. The zero-order valence-corrected chi connectivity index (χ0v) is 19.7. The maximum Gasteiger partial charge on any atom is 0.417 e. The molecule has 1 amide bonds. The lowest BCUT2D eigenvalue weighted by molar-refractivity contribution is -0.137. The van der Waals surface area contributed by atoms with Crippen molar-refractivity contribution in [2.75, 3.05) is 24.3 Å². The molecule has 1 atom stereocenters. The monoisotopic (exact) mass is 507 g/mol. The summed E-state index contributed by atoms with van der Waals surface area (Å²) in [6, 6.07) is 10.2. The van der Waals surface area contributed by atoms with Gasteiger partial charge in [0.2, 0.25) is 6.17 Å². The largest absolute Gasteiger partial charge is 0.417 e. The van der Waals surface area contributed by atoms with Gasteiger partial charge in [-0.1, -0.05) is 53.7 Å². The molecule has 5 rings (SSSR count). The number of hydrogen-bond donors (Lipinski definition) is 1. The summed E-state index contributed by atoms with van der Waals surface area (Å²) >= 11 is 0. The first-order chi connectivity index (χ1) is 17.7. The summed E-state index contributed by atoms with van der Waals surface area (Å²) in [5.74, 6) is -0.677. The third-order valence-electron chi connectivity index (χ3n) is 5.63. The first kappa shape index (κ1) is 24.1. The van der Waals surface area contributed by atoms with Gasteiger partial charge in [-0.3, -0.25) is 4.79 Å². The van der Waals surface area contributed by atoms with Gasteiger partial charge in [0.1, 0.15) is 0 Å². The third-order valence-corrected chi connectivity index (χ3v) is 5.63. The predicted octanol–water partition coefficient (Wildman–Crippen LogP) is 4.31. The second kappa shape index (κ2) is 9.45. The van der Waals surface area contributed by atoms with Crippen LogP contribution in [0.5, 0.6) is 0 Å². The Hall–Kier alpha value is -4.61. The number of rotatable bonds is 5. The topological polar surface area (TPSA) is 109 Å². The first-order valence-corrected chi connectivity index (χ1v) is 11.2. The number of halogens is 3. The van der Waals surface area contributed by atoms with Crippen molar-refractivity contribution in [2.24, 2.45) is 9.98 Å². The Morgan fingerprint density at radius 3 is 2.65 bits per heavy atom. The Morgan fingerprint density at radius 2 is 1.92 bits per heavy atom. The molecule has 12 heteroatoms. The van der Waals surface area contributed by atoms with Crippen LogP contribution >= 0.6 is 0 Å². The van der Waals surface area contributed by atoms with Crippen LogP contribution < -0.4 is 10.2 Å². The summed E-state index contributed by atoms with van der Waals surface area (Å²) < 4.78 is 45.2. The van der Waals surface area contributed by atoms with Gasteiger partial charge in [-0.2, -0.15) is 13.2 Å². The van der Waals surface area contributed by atoms with Crippen LogP contribution in [0.15, 0.2) is 80.8 Å². The van der Waals surface area contributed by atoms with Crippen LogP contribution in [0.1, 0.15) is 17.5 Å². The molecule has 1 aliphatic heterocycles. The molecular formula is C25H20F3N7O2. The Morgan fingerprint density at radius 1 is 1.14 bits per heavy atom. The van der Waals surface area contributed by atoms with Crippen LogP contribution in [0.2, 0.25) is 0 Å². The molecule has 1 aliphatic carbocycles. The number of allylic oxidation sites excluding steroid dienone is 4. The normalized spacial score (nSPS) is 17.4. The van der Waals surface area contributed by atoms with Gasteiger partial charge in [0.25, 0.3) is 11.8 Å². The lowest BCUT2D eigenvalue weighted by Gasteiger charge is -2.17. The summed E-state index contributed by atoms with van der Waals surface area (Å²) in [6.07, 6.45) is 1.09. The molecule has 0 bridgehead atoms. The fourth-order valence-electron chi connectivity index (χ4n) is 3.85. The summed E-state index contributed by atoms with van der Waals surface area (Å²) in [7, 11) is 3.14. The van der Waals surface area contributed by atoms with Gasteiger partial charge in [0.15, 0.2) is 5.69 Å². The van der Waals surface area contributed by atoms with Crippen LogP contribution in [0.25, 0.3) is 11.6 Å². The average molecular weight is 507 g/mol. The van der Waals surface area contributed by atoms with Crippen molar-refractivity contribution in [3.63, 3.8) is 0 Å². The van der Waals surface area contributed by atoms with Crippen molar-refractivity contribution in [1.82, 2.24) is 15.2 Å². The van der Waals surface area contributed by atoms with E-state index in [4.69, 9.17) is 4.42 Å². The predicted molar refractivity (Wildman–Crippen MR) is 132 cm³/mol. The number of aliphatic imine (C=N–C) groups is 2. The summed E-state index contributed by atoms with van der Waals surface area (Å²) in [5.41, 5.74) is 1.99. The smallest absolute Gasteiger partial charge is 0.402 e. The Labute approximate surface area is 209 Å². The lowest BCUT2D eigenvalue weighted by Crippen LogP contribution is -2.27. The van der Waals surface area contributed by atoms with Crippen molar-refractivity contribution in [2.45, 2.75) is 18.8 Å². The van der Waals surface area contributed by atoms with Gasteiger partial charge in [0, 0.05) is 37.8 Å². The van der Waals surface area contributed by atoms with Crippen molar-refractivity contribution < 1.29 is 22.4 Å². The van der Waals surface area contributed by atoms with E-state index in [-0.39, 0.29) is 23.3 Å². The molecule has 1 aromatic carbocycles. The van der Waals surface area contributed by atoms with Crippen LogP contribution in [0.4, 0.5) is 24.9 Å².